The Morgan fingerprint density at radius 2 is 2.00 bits per heavy atom. The highest BCUT2D eigenvalue weighted by Crippen LogP contribution is 2.25. The van der Waals surface area contributed by atoms with Crippen molar-refractivity contribution >= 4 is 0 Å². The van der Waals surface area contributed by atoms with Gasteiger partial charge in [-0.1, -0.05) is 25.8 Å². The normalized spacial score (nSPS) is 16.7. The van der Waals surface area contributed by atoms with Gasteiger partial charge in [0.1, 0.15) is 5.82 Å². The van der Waals surface area contributed by atoms with Crippen molar-refractivity contribution in [3.8, 4) is 0 Å². The zero-order valence-electron chi connectivity index (χ0n) is 11.2. The molecule has 2 N–H and O–H groups in total. The molecule has 0 unspecified atom stereocenters. The van der Waals surface area contributed by atoms with Crippen LogP contribution in [-0.2, 0) is 13.1 Å². The second-order valence-electron chi connectivity index (χ2n) is 5.12. The standard InChI is InChI=1S/C15H23FN2/c1-2-18(15-5-3-4-6-15)11-13-9-14(16)8-7-12(13)10-17/h7-9,15H,2-6,10-11,17H2,1H3. The number of hydrogen-bond donors (Lipinski definition) is 1. The Labute approximate surface area is 109 Å². The number of benzene rings is 1. The molecule has 3 heteroatoms. The summed E-state index contributed by atoms with van der Waals surface area (Å²) in [6.45, 7) is 4.51. The summed E-state index contributed by atoms with van der Waals surface area (Å²) in [6, 6.07) is 5.62. The second-order valence-corrected chi connectivity index (χ2v) is 5.12. The van der Waals surface area contributed by atoms with Crippen LogP contribution in [0.15, 0.2) is 18.2 Å². The molecule has 2 rings (SSSR count). The lowest BCUT2D eigenvalue weighted by Crippen LogP contribution is -2.33. The minimum absolute atomic E-state index is 0.162. The van der Waals surface area contributed by atoms with E-state index in [-0.39, 0.29) is 5.82 Å². The Balaban J connectivity index is 2.12. The number of nitrogens with zero attached hydrogens (tertiary/aromatic N) is 1. The quantitative estimate of drug-likeness (QED) is 0.870. The minimum atomic E-state index is -0.162. The molecule has 0 bridgehead atoms. The number of nitrogens with two attached hydrogens (primary N) is 1. The van der Waals surface area contributed by atoms with E-state index in [2.05, 4.69) is 11.8 Å². The predicted octanol–water partition coefficient (Wildman–Crippen LogP) is 3.05. The fourth-order valence-corrected chi connectivity index (χ4v) is 2.93. The van der Waals surface area contributed by atoms with Crippen LogP contribution in [0.1, 0.15) is 43.7 Å². The van der Waals surface area contributed by atoms with E-state index in [1.807, 2.05) is 6.07 Å². The first kappa shape index (κ1) is 13.5. The molecule has 0 atom stereocenters. The lowest BCUT2D eigenvalue weighted by molar-refractivity contribution is 0.199. The molecule has 1 aliphatic carbocycles. The molecule has 0 radical (unpaired) electrons. The largest absolute Gasteiger partial charge is 0.326 e. The topological polar surface area (TPSA) is 29.3 Å². The minimum Gasteiger partial charge on any atom is -0.326 e. The highest BCUT2D eigenvalue weighted by atomic mass is 19.1. The fraction of sp³-hybridized carbons (Fsp3) is 0.600. The molecule has 0 saturated heterocycles. The van der Waals surface area contributed by atoms with Crippen molar-refractivity contribution in [1.82, 2.24) is 4.90 Å². The Hall–Kier alpha value is -0.930. The van der Waals surface area contributed by atoms with Gasteiger partial charge in [-0.25, -0.2) is 4.39 Å². The van der Waals surface area contributed by atoms with Crippen molar-refractivity contribution in [2.75, 3.05) is 6.54 Å². The molecular formula is C15H23FN2. The van der Waals surface area contributed by atoms with Gasteiger partial charge in [0, 0.05) is 19.1 Å². The third-order valence-corrected chi connectivity index (χ3v) is 4.01. The first-order valence-electron chi connectivity index (χ1n) is 6.96. The van der Waals surface area contributed by atoms with Crippen LogP contribution in [0.5, 0.6) is 0 Å². The zero-order valence-corrected chi connectivity index (χ0v) is 11.2. The first-order chi connectivity index (χ1) is 8.74. The summed E-state index contributed by atoms with van der Waals surface area (Å²) in [5.41, 5.74) is 7.84. The van der Waals surface area contributed by atoms with Crippen molar-refractivity contribution in [2.24, 2.45) is 5.73 Å². The maximum Gasteiger partial charge on any atom is 0.123 e. The van der Waals surface area contributed by atoms with Crippen LogP contribution in [-0.4, -0.2) is 17.5 Å². The van der Waals surface area contributed by atoms with E-state index in [1.165, 1.54) is 31.7 Å². The summed E-state index contributed by atoms with van der Waals surface area (Å²) in [4.78, 5) is 2.46. The van der Waals surface area contributed by atoms with Crippen LogP contribution < -0.4 is 5.73 Å². The van der Waals surface area contributed by atoms with Gasteiger partial charge in [0.15, 0.2) is 0 Å². The van der Waals surface area contributed by atoms with Gasteiger partial charge in [0.2, 0.25) is 0 Å². The van der Waals surface area contributed by atoms with Gasteiger partial charge in [-0.15, -0.1) is 0 Å². The molecule has 0 aromatic heterocycles. The van der Waals surface area contributed by atoms with Crippen LogP contribution in [0.25, 0.3) is 0 Å². The third-order valence-electron chi connectivity index (χ3n) is 4.01. The molecule has 1 saturated carbocycles. The monoisotopic (exact) mass is 250 g/mol. The van der Waals surface area contributed by atoms with E-state index >= 15 is 0 Å². The highest BCUT2D eigenvalue weighted by Gasteiger charge is 2.21. The Morgan fingerprint density at radius 1 is 1.28 bits per heavy atom. The maximum absolute atomic E-state index is 13.4. The van der Waals surface area contributed by atoms with Gasteiger partial charge in [-0.2, -0.15) is 0 Å². The molecule has 0 spiro atoms. The molecule has 0 aliphatic heterocycles. The summed E-state index contributed by atoms with van der Waals surface area (Å²) >= 11 is 0. The lowest BCUT2D eigenvalue weighted by Gasteiger charge is -2.28. The van der Waals surface area contributed by atoms with Crippen molar-refractivity contribution in [2.45, 2.75) is 51.7 Å². The molecular weight excluding hydrogens is 227 g/mol. The molecule has 1 aliphatic rings. The van der Waals surface area contributed by atoms with Crippen LogP contribution >= 0.6 is 0 Å². The zero-order chi connectivity index (χ0) is 13.0. The van der Waals surface area contributed by atoms with E-state index in [4.69, 9.17) is 5.73 Å². The smallest absolute Gasteiger partial charge is 0.123 e. The maximum atomic E-state index is 13.4. The molecule has 100 valence electrons. The lowest BCUT2D eigenvalue weighted by atomic mass is 10.1. The first-order valence-corrected chi connectivity index (χ1v) is 6.96. The number of hydrogen-bond acceptors (Lipinski definition) is 2. The van der Waals surface area contributed by atoms with Gasteiger partial charge in [0.05, 0.1) is 0 Å². The van der Waals surface area contributed by atoms with Crippen LogP contribution in [0.2, 0.25) is 0 Å². The molecule has 0 heterocycles. The Kier molecular flexibility index (Phi) is 4.72. The fourth-order valence-electron chi connectivity index (χ4n) is 2.93. The molecule has 1 aromatic rings. The van der Waals surface area contributed by atoms with E-state index in [9.17, 15) is 4.39 Å². The van der Waals surface area contributed by atoms with E-state index in [1.54, 1.807) is 6.07 Å². The predicted molar refractivity (Wildman–Crippen MR) is 72.6 cm³/mol. The average molecular weight is 250 g/mol. The molecule has 0 amide bonds. The number of halogens is 1. The van der Waals surface area contributed by atoms with Crippen molar-refractivity contribution in [1.29, 1.82) is 0 Å². The van der Waals surface area contributed by atoms with Gasteiger partial charge in [0.25, 0.3) is 0 Å². The van der Waals surface area contributed by atoms with Crippen molar-refractivity contribution < 1.29 is 4.39 Å². The second kappa shape index (κ2) is 6.30. The summed E-state index contributed by atoms with van der Waals surface area (Å²) < 4.78 is 13.4. The molecule has 1 aromatic carbocycles. The van der Waals surface area contributed by atoms with Gasteiger partial charge in [-0.05, 0) is 42.6 Å². The summed E-state index contributed by atoms with van der Waals surface area (Å²) in [5, 5.41) is 0. The van der Waals surface area contributed by atoms with Gasteiger partial charge < -0.3 is 5.73 Å². The molecule has 1 fully saturated rings. The van der Waals surface area contributed by atoms with Crippen LogP contribution in [0.3, 0.4) is 0 Å². The van der Waals surface area contributed by atoms with Crippen LogP contribution in [0.4, 0.5) is 4.39 Å². The number of rotatable bonds is 5. The Bertz CT molecular complexity index is 386. The van der Waals surface area contributed by atoms with Crippen molar-refractivity contribution in [3.05, 3.63) is 35.1 Å². The summed E-state index contributed by atoms with van der Waals surface area (Å²) in [7, 11) is 0. The van der Waals surface area contributed by atoms with Crippen molar-refractivity contribution in [3.63, 3.8) is 0 Å². The van der Waals surface area contributed by atoms with Crippen LogP contribution in [0, 0.1) is 5.82 Å². The summed E-state index contributed by atoms with van der Waals surface area (Å²) in [5.74, 6) is -0.162. The molecule has 2 nitrogen and oxygen atoms in total. The Morgan fingerprint density at radius 3 is 2.61 bits per heavy atom. The van der Waals surface area contributed by atoms with E-state index < -0.39 is 0 Å². The van der Waals surface area contributed by atoms with E-state index in [0.717, 1.165) is 24.2 Å². The SMILES string of the molecule is CCN(Cc1cc(F)ccc1CN)C1CCCC1. The average Bonchev–Trinajstić information content (AvgIpc) is 2.90. The molecule has 18 heavy (non-hydrogen) atoms. The van der Waals surface area contributed by atoms with E-state index in [0.29, 0.717) is 12.6 Å². The third kappa shape index (κ3) is 3.09. The van der Waals surface area contributed by atoms with Gasteiger partial charge >= 0.3 is 0 Å². The highest BCUT2D eigenvalue weighted by molar-refractivity contribution is 5.27. The summed E-state index contributed by atoms with van der Waals surface area (Å²) in [6.07, 6.45) is 5.21. The van der Waals surface area contributed by atoms with Gasteiger partial charge in [-0.3, -0.25) is 4.90 Å².